The van der Waals surface area contributed by atoms with Crippen molar-refractivity contribution >= 4 is 55.4 Å². The molecule has 0 radical (unpaired) electrons. The molecule has 17 heavy (non-hydrogen) atoms. The molecular formula is C6HBr2F6NS2. The third-order valence-corrected chi connectivity index (χ3v) is 5.38. The summed E-state index contributed by atoms with van der Waals surface area (Å²) < 4.78 is 72.3. The monoisotopic (exact) mass is 423 g/mol. The lowest BCUT2D eigenvalue weighted by atomic mass is 10.7. The van der Waals surface area contributed by atoms with Crippen molar-refractivity contribution in [1.29, 1.82) is 0 Å². The Balaban J connectivity index is 3.00. The smallest absolute Gasteiger partial charge is 0.343 e. The average molecular weight is 425 g/mol. The van der Waals surface area contributed by atoms with E-state index in [4.69, 9.17) is 0 Å². The maximum Gasteiger partial charge on any atom is 0.447 e. The summed E-state index contributed by atoms with van der Waals surface area (Å²) in [6, 6.07) is 0. The molecule has 0 saturated heterocycles. The van der Waals surface area contributed by atoms with Gasteiger partial charge in [-0.1, -0.05) is 0 Å². The molecule has 0 saturated carbocycles. The molecule has 0 aliphatic rings. The van der Waals surface area contributed by atoms with Crippen LogP contribution in [0.4, 0.5) is 26.3 Å². The molecule has 1 nitrogen and oxygen atoms in total. The van der Waals surface area contributed by atoms with Crippen molar-refractivity contribution in [2.45, 2.75) is 21.1 Å². The standard InChI is InChI=1S/C6HBr2F6NS2/c7-1-2(8)4(17-6(12,13)14)15-3(1)16-5(9,10)11/h15H. The highest BCUT2D eigenvalue weighted by Gasteiger charge is 2.35. The number of H-pyrrole nitrogens is 1. The molecule has 1 aromatic heterocycles. The van der Waals surface area contributed by atoms with Crippen LogP contribution < -0.4 is 0 Å². The van der Waals surface area contributed by atoms with Crippen molar-refractivity contribution in [3.63, 3.8) is 0 Å². The second-order valence-electron chi connectivity index (χ2n) is 2.51. The minimum atomic E-state index is -4.58. The van der Waals surface area contributed by atoms with Gasteiger partial charge in [-0.25, -0.2) is 0 Å². The third-order valence-electron chi connectivity index (χ3n) is 1.25. The van der Waals surface area contributed by atoms with Crippen LogP contribution in [0.25, 0.3) is 0 Å². The zero-order chi connectivity index (χ0) is 13.4. The molecule has 0 atom stereocenters. The summed E-state index contributed by atoms with van der Waals surface area (Å²) >= 11 is 4.51. The van der Waals surface area contributed by atoms with Crippen molar-refractivity contribution in [3.05, 3.63) is 8.95 Å². The van der Waals surface area contributed by atoms with Crippen LogP contribution in [0.15, 0.2) is 19.0 Å². The lowest BCUT2D eigenvalue weighted by Gasteiger charge is -2.04. The first-order valence-corrected chi connectivity index (χ1v) is 6.80. The first-order valence-electron chi connectivity index (χ1n) is 3.58. The number of halogens is 8. The summed E-state index contributed by atoms with van der Waals surface area (Å²) in [4.78, 5) is 2.05. The van der Waals surface area contributed by atoms with Crippen LogP contribution in [-0.4, -0.2) is 16.0 Å². The number of hydrogen-bond acceptors (Lipinski definition) is 2. The van der Waals surface area contributed by atoms with Crippen LogP contribution in [0, 0.1) is 0 Å². The molecule has 0 aliphatic carbocycles. The topological polar surface area (TPSA) is 15.8 Å². The molecule has 1 aromatic rings. The molecule has 0 spiro atoms. The maximum atomic E-state index is 12.1. The van der Waals surface area contributed by atoms with E-state index in [1.54, 1.807) is 0 Å². The van der Waals surface area contributed by atoms with Crippen LogP contribution >= 0.6 is 55.4 Å². The van der Waals surface area contributed by atoms with E-state index in [2.05, 4.69) is 36.8 Å². The van der Waals surface area contributed by atoms with E-state index in [1.807, 2.05) is 0 Å². The van der Waals surface area contributed by atoms with Crippen molar-refractivity contribution < 1.29 is 26.3 Å². The Kier molecular flexibility index (Phi) is 4.81. The fourth-order valence-corrected chi connectivity index (χ4v) is 3.34. The average Bonchev–Trinajstić information content (AvgIpc) is 2.28. The summed E-state index contributed by atoms with van der Waals surface area (Å²) in [5.74, 6) is 0. The van der Waals surface area contributed by atoms with E-state index < -0.39 is 44.6 Å². The number of rotatable bonds is 2. The van der Waals surface area contributed by atoms with Crippen molar-refractivity contribution in [2.24, 2.45) is 0 Å². The van der Waals surface area contributed by atoms with Gasteiger partial charge in [0.1, 0.15) is 0 Å². The number of hydrogen-bond donors (Lipinski definition) is 1. The first-order chi connectivity index (χ1) is 7.49. The van der Waals surface area contributed by atoms with E-state index >= 15 is 0 Å². The molecule has 0 fully saturated rings. The molecule has 0 unspecified atom stereocenters. The Morgan fingerprint density at radius 1 is 0.765 bits per heavy atom. The number of thioether (sulfide) groups is 2. The third kappa shape index (κ3) is 4.95. The Bertz CT molecular complexity index is 375. The fraction of sp³-hybridized carbons (Fsp3) is 0.333. The summed E-state index contributed by atoms with van der Waals surface area (Å²) in [7, 11) is 0. The van der Waals surface area contributed by atoms with Crippen LogP contribution in [0.1, 0.15) is 0 Å². The number of aromatic nitrogens is 1. The van der Waals surface area contributed by atoms with Gasteiger partial charge >= 0.3 is 11.0 Å². The largest absolute Gasteiger partial charge is 0.447 e. The van der Waals surface area contributed by atoms with Crippen molar-refractivity contribution in [2.75, 3.05) is 0 Å². The zero-order valence-electron chi connectivity index (χ0n) is 7.34. The van der Waals surface area contributed by atoms with Crippen LogP contribution in [0.5, 0.6) is 0 Å². The van der Waals surface area contributed by atoms with Gasteiger partial charge in [0.05, 0.1) is 19.0 Å². The van der Waals surface area contributed by atoms with Crippen LogP contribution in [0.2, 0.25) is 0 Å². The van der Waals surface area contributed by atoms with Gasteiger partial charge in [-0.05, 0) is 31.9 Å². The number of alkyl halides is 6. The Morgan fingerprint density at radius 3 is 1.29 bits per heavy atom. The van der Waals surface area contributed by atoms with E-state index in [0.29, 0.717) is 0 Å². The first kappa shape index (κ1) is 15.6. The number of aromatic amines is 1. The Hall–Kier alpha value is 0.520. The summed E-state index contributed by atoms with van der Waals surface area (Å²) in [5.41, 5.74) is -9.15. The Morgan fingerprint density at radius 2 is 1.06 bits per heavy atom. The predicted octanol–water partition coefficient (Wildman–Crippen LogP) is 5.76. The lowest BCUT2D eigenvalue weighted by molar-refractivity contribution is -0.0335. The molecule has 0 amide bonds. The van der Waals surface area contributed by atoms with Gasteiger partial charge in [0.2, 0.25) is 0 Å². The van der Waals surface area contributed by atoms with E-state index in [0.717, 1.165) is 0 Å². The van der Waals surface area contributed by atoms with Crippen LogP contribution in [-0.2, 0) is 0 Å². The lowest BCUT2D eigenvalue weighted by Crippen LogP contribution is -2.00. The zero-order valence-corrected chi connectivity index (χ0v) is 12.1. The normalized spacial score (nSPS) is 13.2. The molecular weight excluding hydrogens is 424 g/mol. The van der Waals surface area contributed by atoms with Gasteiger partial charge in [-0.3, -0.25) is 0 Å². The molecule has 0 bridgehead atoms. The molecule has 1 rings (SSSR count). The van der Waals surface area contributed by atoms with Gasteiger partial charge in [-0.15, -0.1) is 0 Å². The number of nitrogens with one attached hydrogen (secondary N) is 1. The minimum Gasteiger partial charge on any atom is -0.343 e. The van der Waals surface area contributed by atoms with Gasteiger partial charge in [0.15, 0.2) is 0 Å². The van der Waals surface area contributed by atoms with E-state index in [-0.39, 0.29) is 8.95 Å². The SMILES string of the molecule is FC(F)(F)Sc1[nH]c(SC(F)(F)F)c(Br)c1Br. The van der Waals surface area contributed by atoms with Crippen LogP contribution in [0.3, 0.4) is 0 Å². The molecule has 1 N–H and O–H groups in total. The van der Waals surface area contributed by atoms with Gasteiger partial charge < -0.3 is 4.98 Å². The van der Waals surface area contributed by atoms with Gasteiger partial charge in [-0.2, -0.15) is 26.3 Å². The summed E-state index contributed by atoms with van der Waals surface area (Å²) in [6.45, 7) is 0. The molecule has 11 heteroatoms. The minimum absolute atomic E-state index is 0.0911. The molecule has 1 heterocycles. The maximum absolute atomic E-state index is 12.1. The van der Waals surface area contributed by atoms with Gasteiger partial charge in [0, 0.05) is 23.5 Å². The quantitative estimate of drug-likeness (QED) is 0.479. The molecule has 98 valence electrons. The van der Waals surface area contributed by atoms with E-state index in [1.165, 1.54) is 0 Å². The van der Waals surface area contributed by atoms with E-state index in [9.17, 15) is 26.3 Å². The van der Waals surface area contributed by atoms with Crippen molar-refractivity contribution in [1.82, 2.24) is 4.98 Å². The highest BCUT2D eigenvalue weighted by Crippen LogP contribution is 2.48. The molecule has 0 aliphatic heterocycles. The van der Waals surface area contributed by atoms with Gasteiger partial charge in [0.25, 0.3) is 0 Å². The highest BCUT2D eigenvalue weighted by molar-refractivity contribution is 9.13. The predicted molar refractivity (Wildman–Crippen MR) is 60.0 cm³/mol. The van der Waals surface area contributed by atoms with Crippen molar-refractivity contribution in [3.8, 4) is 0 Å². The second kappa shape index (κ2) is 5.25. The highest BCUT2D eigenvalue weighted by atomic mass is 79.9. The summed E-state index contributed by atoms with van der Waals surface area (Å²) in [6.07, 6.45) is 0. The molecule has 0 aromatic carbocycles. The summed E-state index contributed by atoms with van der Waals surface area (Å²) in [5, 5.41) is -0.868. The Labute approximate surface area is 116 Å². The fourth-order valence-electron chi connectivity index (χ4n) is 0.784. The second-order valence-corrected chi connectivity index (χ2v) is 6.24.